The van der Waals surface area contributed by atoms with Gasteiger partial charge in [-0.2, -0.15) is 13.2 Å². The van der Waals surface area contributed by atoms with Crippen LogP contribution in [-0.4, -0.2) is 28.0 Å². The Hall–Kier alpha value is -3.53. The molecule has 1 N–H and O–H groups in total. The molecule has 0 heterocycles. The van der Waals surface area contributed by atoms with E-state index >= 15 is 0 Å². The molecule has 0 aliphatic heterocycles. The van der Waals surface area contributed by atoms with E-state index in [1.807, 2.05) is 0 Å². The summed E-state index contributed by atoms with van der Waals surface area (Å²) in [4.78, 5) is 12.6. The van der Waals surface area contributed by atoms with Gasteiger partial charge in [-0.1, -0.05) is 42.0 Å². The van der Waals surface area contributed by atoms with Gasteiger partial charge >= 0.3 is 6.18 Å². The van der Waals surface area contributed by atoms with Crippen LogP contribution in [0, 0.1) is 6.92 Å². The number of alkyl halides is 3. The lowest BCUT2D eigenvalue weighted by molar-refractivity contribution is -0.137. The van der Waals surface area contributed by atoms with E-state index in [9.17, 15) is 26.4 Å². The summed E-state index contributed by atoms with van der Waals surface area (Å²) in [6.07, 6.45) is -4.68. The Morgan fingerprint density at radius 1 is 1.00 bits per heavy atom. The molecule has 34 heavy (non-hydrogen) atoms. The van der Waals surface area contributed by atoms with Gasteiger partial charge in [-0.05, 0) is 43.3 Å². The number of nitrogens with zero attached hydrogens (tertiary/aromatic N) is 1. The van der Waals surface area contributed by atoms with Crippen molar-refractivity contribution in [3.63, 3.8) is 0 Å². The molecule has 0 spiro atoms. The number of halogens is 3. The predicted molar refractivity (Wildman–Crippen MR) is 122 cm³/mol. The summed E-state index contributed by atoms with van der Waals surface area (Å²) in [6, 6.07) is 16.6. The van der Waals surface area contributed by atoms with E-state index in [4.69, 9.17) is 4.74 Å². The van der Waals surface area contributed by atoms with Crippen molar-refractivity contribution >= 4 is 21.6 Å². The van der Waals surface area contributed by atoms with Crippen LogP contribution < -0.4 is 14.4 Å². The third-order valence-corrected chi connectivity index (χ3v) is 6.81. The molecule has 0 bridgehead atoms. The van der Waals surface area contributed by atoms with Crippen LogP contribution in [0.4, 0.5) is 18.9 Å². The van der Waals surface area contributed by atoms with Gasteiger partial charge in [0.2, 0.25) is 5.91 Å². The number of sulfonamides is 1. The number of ether oxygens (including phenoxy) is 1. The maximum absolute atomic E-state index is 13.4. The van der Waals surface area contributed by atoms with Gasteiger partial charge in [-0.15, -0.1) is 0 Å². The minimum absolute atomic E-state index is 0.0455. The molecule has 0 atom stereocenters. The lowest BCUT2D eigenvalue weighted by Gasteiger charge is -2.25. The minimum atomic E-state index is -4.68. The maximum Gasteiger partial charge on any atom is 0.416 e. The number of methoxy groups -OCH3 is 1. The van der Waals surface area contributed by atoms with Crippen molar-refractivity contribution in [2.75, 3.05) is 18.0 Å². The van der Waals surface area contributed by atoms with Crippen molar-refractivity contribution in [2.45, 2.75) is 24.5 Å². The van der Waals surface area contributed by atoms with E-state index in [0.717, 1.165) is 17.7 Å². The second-order valence-electron chi connectivity index (χ2n) is 7.46. The van der Waals surface area contributed by atoms with Crippen molar-refractivity contribution in [1.29, 1.82) is 0 Å². The molecule has 1 amide bonds. The van der Waals surface area contributed by atoms with Crippen LogP contribution in [0.3, 0.4) is 0 Å². The number of amides is 1. The fourth-order valence-electron chi connectivity index (χ4n) is 3.22. The summed E-state index contributed by atoms with van der Waals surface area (Å²) in [5.41, 5.74) is 0.163. The van der Waals surface area contributed by atoms with Crippen LogP contribution in [-0.2, 0) is 27.5 Å². The molecule has 10 heteroatoms. The molecule has 0 aliphatic rings. The van der Waals surface area contributed by atoms with Crippen molar-refractivity contribution in [3.8, 4) is 5.75 Å². The van der Waals surface area contributed by atoms with Gasteiger partial charge < -0.3 is 10.1 Å². The lowest BCUT2D eigenvalue weighted by Crippen LogP contribution is -2.40. The highest BCUT2D eigenvalue weighted by Crippen LogP contribution is 2.33. The summed E-state index contributed by atoms with van der Waals surface area (Å²) in [6.45, 7) is 1.10. The van der Waals surface area contributed by atoms with E-state index in [1.165, 1.54) is 25.3 Å². The SMILES string of the molecule is COc1ccccc1CNC(=O)CN(c1cccc(C(F)(F)F)c1)S(=O)(=O)c1ccc(C)cc1. The highest BCUT2D eigenvalue weighted by Gasteiger charge is 2.33. The maximum atomic E-state index is 13.4. The summed E-state index contributed by atoms with van der Waals surface area (Å²) in [5, 5.41) is 2.60. The monoisotopic (exact) mass is 492 g/mol. The number of hydrogen-bond donors (Lipinski definition) is 1. The Kier molecular flexibility index (Phi) is 7.51. The molecule has 0 aliphatic carbocycles. The van der Waals surface area contributed by atoms with Gasteiger partial charge in [0, 0.05) is 12.1 Å². The van der Waals surface area contributed by atoms with Crippen LogP contribution >= 0.6 is 0 Å². The molecule has 0 fully saturated rings. The average molecular weight is 493 g/mol. The molecular weight excluding hydrogens is 469 g/mol. The highest BCUT2D eigenvalue weighted by molar-refractivity contribution is 7.92. The molecule has 3 aromatic carbocycles. The lowest BCUT2D eigenvalue weighted by atomic mass is 10.2. The summed E-state index contributed by atoms with van der Waals surface area (Å²) in [7, 11) is -2.87. The topological polar surface area (TPSA) is 75.7 Å². The fraction of sp³-hybridized carbons (Fsp3) is 0.208. The van der Waals surface area contributed by atoms with Crippen LogP contribution in [0.5, 0.6) is 5.75 Å². The van der Waals surface area contributed by atoms with Crippen LogP contribution in [0.1, 0.15) is 16.7 Å². The third kappa shape index (κ3) is 5.88. The van der Waals surface area contributed by atoms with Gasteiger partial charge in [0.05, 0.1) is 23.3 Å². The van der Waals surface area contributed by atoms with E-state index in [2.05, 4.69) is 5.32 Å². The minimum Gasteiger partial charge on any atom is -0.496 e. The van der Waals surface area contributed by atoms with Crippen LogP contribution in [0.25, 0.3) is 0 Å². The molecule has 180 valence electrons. The van der Waals surface area contributed by atoms with Crippen molar-refractivity contribution in [2.24, 2.45) is 0 Å². The number of anilines is 1. The summed E-state index contributed by atoms with van der Waals surface area (Å²) >= 11 is 0. The first-order chi connectivity index (χ1) is 16.0. The summed E-state index contributed by atoms with van der Waals surface area (Å²) < 4.78 is 72.5. The average Bonchev–Trinajstić information content (AvgIpc) is 2.81. The Morgan fingerprint density at radius 3 is 2.32 bits per heavy atom. The molecule has 0 unspecified atom stereocenters. The number of nitrogens with one attached hydrogen (secondary N) is 1. The number of carbonyl (C=O) groups excluding carboxylic acids is 1. The number of rotatable bonds is 8. The second-order valence-corrected chi connectivity index (χ2v) is 9.32. The molecule has 0 aromatic heterocycles. The Balaban J connectivity index is 1.93. The highest BCUT2D eigenvalue weighted by atomic mass is 32.2. The van der Waals surface area contributed by atoms with E-state index < -0.39 is 34.2 Å². The zero-order valence-corrected chi connectivity index (χ0v) is 19.3. The molecular formula is C24H23F3N2O4S. The molecule has 0 saturated carbocycles. The van der Waals surface area contributed by atoms with Crippen LogP contribution in [0.2, 0.25) is 0 Å². The number of carbonyl (C=O) groups is 1. The summed E-state index contributed by atoms with van der Waals surface area (Å²) in [5.74, 6) is -0.163. The first-order valence-corrected chi connectivity index (χ1v) is 11.6. The van der Waals surface area contributed by atoms with E-state index in [0.29, 0.717) is 21.7 Å². The number of aryl methyl sites for hydroxylation is 1. The standard InChI is InChI=1S/C24H23F3N2O4S/c1-17-10-12-21(13-11-17)34(31,32)29(20-8-5-7-19(14-20)24(25,26)27)16-23(30)28-15-18-6-3-4-9-22(18)33-2/h3-14H,15-16H2,1-2H3,(H,28,30). The van der Waals surface area contributed by atoms with Crippen molar-refractivity contribution in [1.82, 2.24) is 5.32 Å². The predicted octanol–water partition coefficient (Wildman–Crippen LogP) is 4.53. The Labute approximate surface area is 196 Å². The van der Waals surface area contributed by atoms with Gasteiger partial charge in [-0.3, -0.25) is 9.10 Å². The molecule has 0 saturated heterocycles. The van der Waals surface area contributed by atoms with Gasteiger partial charge in [0.15, 0.2) is 0 Å². The zero-order valence-electron chi connectivity index (χ0n) is 18.5. The number of benzene rings is 3. The first kappa shape index (κ1) is 25.1. The number of hydrogen-bond acceptors (Lipinski definition) is 4. The molecule has 3 rings (SSSR count). The van der Waals surface area contributed by atoms with Gasteiger partial charge in [-0.25, -0.2) is 8.42 Å². The van der Waals surface area contributed by atoms with Crippen molar-refractivity contribution in [3.05, 3.63) is 89.5 Å². The second kappa shape index (κ2) is 10.2. The fourth-order valence-corrected chi connectivity index (χ4v) is 4.63. The van der Waals surface area contributed by atoms with Crippen LogP contribution in [0.15, 0.2) is 77.7 Å². The third-order valence-electron chi connectivity index (χ3n) is 5.03. The molecule has 6 nitrogen and oxygen atoms in total. The largest absolute Gasteiger partial charge is 0.496 e. The van der Waals surface area contributed by atoms with Gasteiger partial charge in [0.1, 0.15) is 12.3 Å². The van der Waals surface area contributed by atoms with E-state index in [-0.39, 0.29) is 17.1 Å². The van der Waals surface area contributed by atoms with Crippen molar-refractivity contribution < 1.29 is 31.1 Å². The van der Waals surface area contributed by atoms with Gasteiger partial charge in [0.25, 0.3) is 10.0 Å². The van der Waals surface area contributed by atoms with E-state index in [1.54, 1.807) is 43.3 Å². The Bertz CT molecular complexity index is 1260. The first-order valence-electron chi connectivity index (χ1n) is 10.2. The molecule has 3 aromatic rings. The Morgan fingerprint density at radius 2 is 1.68 bits per heavy atom. The zero-order chi connectivity index (χ0) is 24.9. The number of para-hydroxylation sites is 1. The smallest absolute Gasteiger partial charge is 0.416 e. The molecule has 0 radical (unpaired) electrons. The quantitative estimate of drug-likeness (QED) is 0.501. The normalized spacial score (nSPS) is 11.7.